The van der Waals surface area contributed by atoms with Crippen LogP contribution in [0.4, 0.5) is 0 Å². The van der Waals surface area contributed by atoms with Crippen molar-refractivity contribution in [3.8, 4) is 5.75 Å². The van der Waals surface area contributed by atoms with E-state index in [1.807, 2.05) is 25.1 Å². The molecule has 0 spiro atoms. The van der Waals surface area contributed by atoms with Gasteiger partial charge in [0.2, 0.25) is 0 Å². The third-order valence-corrected chi connectivity index (χ3v) is 2.73. The van der Waals surface area contributed by atoms with Crippen LogP contribution in [0.25, 0.3) is 0 Å². The van der Waals surface area contributed by atoms with Crippen LogP contribution in [0.2, 0.25) is 0 Å². The first kappa shape index (κ1) is 12.6. The number of rotatable bonds is 4. The Morgan fingerprint density at radius 2 is 2.11 bits per heavy atom. The summed E-state index contributed by atoms with van der Waals surface area (Å²) < 4.78 is 10.3. The topological polar surface area (TPSA) is 68.4 Å². The Hall–Kier alpha value is -1.88. The molecule has 18 heavy (non-hydrogen) atoms. The third-order valence-electron chi connectivity index (χ3n) is 2.73. The Kier molecular flexibility index (Phi) is 3.62. The minimum absolute atomic E-state index is 0.276. The summed E-state index contributed by atoms with van der Waals surface area (Å²) in [5.41, 5.74) is 3.22. The molecule has 0 amide bonds. The molecule has 96 valence electrons. The van der Waals surface area contributed by atoms with Gasteiger partial charge in [0.25, 0.3) is 0 Å². The molecule has 0 fully saturated rings. The fourth-order valence-electron chi connectivity index (χ4n) is 1.65. The minimum Gasteiger partial charge on any atom is -0.487 e. The van der Waals surface area contributed by atoms with E-state index >= 15 is 0 Å². The zero-order valence-electron chi connectivity index (χ0n) is 10.7. The zero-order valence-corrected chi connectivity index (χ0v) is 10.7. The first-order valence-corrected chi connectivity index (χ1v) is 5.77. The van der Waals surface area contributed by atoms with Crippen molar-refractivity contribution in [3.63, 3.8) is 0 Å². The van der Waals surface area contributed by atoms with Gasteiger partial charge < -0.3 is 9.84 Å². The second kappa shape index (κ2) is 5.18. The average Bonchev–Trinajstić information content (AvgIpc) is 2.73. The number of hydrogen-bond acceptors (Lipinski definition) is 5. The summed E-state index contributed by atoms with van der Waals surface area (Å²) in [6.07, 6.45) is -0.573. The number of nitrogens with zero attached hydrogens (tertiary/aromatic N) is 2. The standard InChI is InChI=1S/C13H16N2O3/c1-8-4-5-13(11(6-8)10(3)16)17-7-12-9(2)14-18-15-12/h4-6,10,16H,7H2,1-3H3. The van der Waals surface area contributed by atoms with Crippen molar-refractivity contribution >= 4 is 0 Å². The summed E-state index contributed by atoms with van der Waals surface area (Å²) in [7, 11) is 0. The molecule has 1 N–H and O–H groups in total. The van der Waals surface area contributed by atoms with E-state index in [1.54, 1.807) is 13.8 Å². The maximum atomic E-state index is 9.71. The van der Waals surface area contributed by atoms with Crippen LogP contribution < -0.4 is 4.74 Å². The quantitative estimate of drug-likeness (QED) is 0.899. The molecule has 1 unspecified atom stereocenters. The van der Waals surface area contributed by atoms with E-state index in [1.165, 1.54) is 0 Å². The van der Waals surface area contributed by atoms with Crippen LogP contribution >= 0.6 is 0 Å². The van der Waals surface area contributed by atoms with Crippen LogP contribution in [0.1, 0.15) is 35.5 Å². The highest BCUT2D eigenvalue weighted by Crippen LogP contribution is 2.26. The van der Waals surface area contributed by atoms with Crippen molar-refractivity contribution in [3.05, 3.63) is 40.7 Å². The molecule has 2 rings (SSSR count). The second-order valence-electron chi connectivity index (χ2n) is 4.30. The fourth-order valence-corrected chi connectivity index (χ4v) is 1.65. The van der Waals surface area contributed by atoms with E-state index in [2.05, 4.69) is 14.9 Å². The third kappa shape index (κ3) is 2.68. The number of aryl methyl sites for hydroxylation is 2. The van der Waals surface area contributed by atoms with Crippen LogP contribution in [0, 0.1) is 13.8 Å². The number of aliphatic hydroxyl groups excluding tert-OH is 1. The van der Waals surface area contributed by atoms with Gasteiger partial charge in [0, 0.05) is 5.56 Å². The van der Waals surface area contributed by atoms with Gasteiger partial charge in [-0.1, -0.05) is 21.9 Å². The van der Waals surface area contributed by atoms with E-state index in [9.17, 15) is 5.11 Å². The van der Waals surface area contributed by atoms with Gasteiger partial charge in [-0.15, -0.1) is 0 Å². The Balaban J connectivity index is 2.16. The molecule has 0 saturated carbocycles. The number of ether oxygens (including phenoxy) is 1. The van der Waals surface area contributed by atoms with Gasteiger partial charge >= 0.3 is 0 Å². The summed E-state index contributed by atoms with van der Waals surface area (Å²) in [6, 6.07) is 5.70. The highest BCUT2D eigenvalue weighted by atomic mass is 16.6. The minimum atomic E-state index is -0.573. The normalized spacial score (nSPS) is 12.4. The van der Waals surface area contributed by atoms with Gasteiger partial charge in [-0.3, -0.25) is 0 Å². The van der Waals surface area contributed by atoms with Gasteiger partial charge in [0.1, 0.15) is 23.7 Å². The molecular weight excluding hydrogens is 232 g/mol. The summed E-state index contributed by atoms with van der Waals surface area (Å²) in [4.78, 5) is 0. The lowest BCUT2D eigenvalue weighted by molar-refractivity contribution is 0.189. The number of benzene rings is 1. The first-order valence-electron chi connectivity index (χ1n) is 5.77. The zero-order chi connectivity index (χ0) is 13.1. The number of aliphatic hydroxyl groups is 1. The molecule has 0 aliphatic carbocycles. The van der Waals surface area contributed by atoms with Crippen LogP contribution in [0.3, 0.4) is 0 Å². The van der Waals surface area contributed by atoms with Gasteiger partial charge in [0.15, 0.2) is 0 Å². The van der Waals surface area contributed by atoms with E-state index in [0.29, 0.717) is 17.1 Å². The maximum absolute atomic E-state index is 9.71. The molecular formula is C13H16N2O3. The summed E-state index contributed by atoms with van der Waals surface area (Å²) in [5.74, 6) is 0.651. The summed E-state index contributed by atoms with van der Waals surface area (Å²) >= 11 is 0. The molecule has 2 aromatic rings. The molecule has 5 nitrogen and oxygen atoms in total. The fraction of sp³-hybridized carbons (Fsp3) is 0.385. The van der Waals surface area contributed by atoms with Crippen molar-refractivity contribution in [1.82, 2.24) is 10.3 Å². The Morgan fingerprint density at radius 1 is 1.33 bits per heavy atom. The molecule has 0 aliphatic rings. The summed E-state index contributed by atoms with van der Waals surface area (Å²) in [6.45, 7) is 5.77. The van der Waals surface area contributed by atoms with Crippen molar-refractivity contribution in [1.29, 1.82) is 0 Å². The van der Waals surface area contributed by atoms with Gasteiger partial charge in [-0.05, 0) is 32.9 Å². The molecule has 0 radical (unpaired) electrons. The molecule has 0 saturated heterocycles. The predicted molar refractivity (Wildman–Crippen MR) is 65.2 cm³/mol. The number of aromatic nitrogens is 2. The number of hydrogen-bond donors (Lipinski definition) is 1. The van der Waals surface area contributed by atoms with E-state index < -0.39 is 6.10 Å². The largest absolute Gasteiger partial charge is 0.487 e. The highest BCUT2D eigenvalue weighted by Gasteiger charge is 2.11. The Labute approximate surface area is 105 Å². The predicted octanol–water partition coefficient (Wildman–Crippen LogP) is 2.32. The highest BCUT2D eigenvalue weighted by molar-refractivity contribution is 5.38. The molecule has 0 bridgehead atoms. The van der Waals surface area contributed by atoms with Gasteiger partial charge in [-0.25, -0.2) is 4.63 Å². The maximum Gasteiger partial charge on any atom is 0.145 e. The second-order valence-corrected chi connectivity index (χ2v) is 4.30. The van der Waals surface area contributed by atoms with Crippen LogP contribution in [0.5, 0.6) is 5.75 Å². The van der Waals surface area contributed by atoms with Gasteiger partial charge in [0.05, 0.1) is 6.10 Å². The van der Waals surface area contributed by atoms with Crippen LogP contribution in [0.15, 0.2) is 22.8 Å². The van der Waals surface area contributed by atoms with E-state index in [4.69, 9.17) is 4.74 Å². The Bertz CT molecular complexity index is 535. The molecule has 5 heteroatoms. The molecule has 1 atom stereocenters. The van der Waals surface area contributed by atoms with Gasteiger partial charge in [-0.2, -0.15) is 0 Å². The lowest BCUT2D eigenvalue weighted by atomic mass is 10.1. The van der Waals surface area contributed by atoms with E-state index in [-0.39, 0.29) is 6.61 Å². The lowest BCUT2D eigenvalue weighted by Gasteiger charge is -2.13. The monoisotopic (exact) mass is 248 g/mol. The van der Waals surface area contributed by atoms with Crippen molar-refractivity contribution < 1.29 is 14.5 Å². The Morgan fingerprint density at radius 3 is 2.72 bits per heavy atom. The van der Waals surface area contributed by atoms with Crippen LogP contribution in [-0.2, 0) is 6.61 Å². The van der Waals surface area contributed by atoms with E-state index in [0.717, 1.165) is 11.1 Å². The summed E-state index contributed by atoms with van der Waals surface area (Å²) in [5, 5.41) is 17.1. The molecule has 1 aromatic carbocycles. The first-order chi connectivity index (χ1) is 8.58. The molecule has 1 heterocycles. The average molecular weight is 248 g/mol. The van der Waals surface area contributed by atoms with Crippen molar-refractivity contribution in [2.24, 2.45) is 0 Å². The lowest BCUT2D eigenvalue weighted by Crippen LogP contribution is -2.02. The smallest absolute Gasteiger partial charge is 0.145 e. The SMILES string of the molecule is Cc1ccc(OCc2nonc2C)c(C(C)O)c1. The van der Waals surface area contributed by atoms with Crippen molar-refractivity contribution in [2.45, 2.75) is 33.5 Å². The molecule has 0 aliphatic heterocycles. The molecule has 1 aromatic heterocycles. The van der Waals surface area contributed by atoms with Crippen molar-refractivity contribution in [2.75, 3.05) is 0 Å². The van der Waals surface area contributed by atoms with Crippen LogP contribution in [-0.4, -0.2) is 15.4 Å².